The molecule has 0 saturated heterocycles. The highest BCUT2D eigenvalue weighted by molar-refractivity contribution is 5.91. The van der Waals surface area contributed by atoms with Crippen LogP contribution in [0.25, 0.3) is 0 Å². The Kier molecular flexibility index (Phi) is 12.0. The number of carbonyl (C=O) groups excluding carboxylic acids is 3. The molecule has 0 unspecified atom stereocenters. The third-order valence-electron chi connectivity index (χ3n) is 4.19. The molecule has 0 aliphatic rings. The predicted molar refractivity (Wildman–Crippen MR) is 109 cm³/mol. The van der Waals surface area contributed by atoms with Crippen LogP contribution >= 0.6 is 0 Å². The Labute approximate surface area is 166 Å². The molecule has 2 amide bonds. The molecule has 154 valence electrons. The molecule has 0 aromatic heterocycles. The lowest BCUT2D eigenvalue weighted by Crippen LogP contribution is -2.34. The fourth-order valence-corrected chi connectivity index (χ4v) is 2.55. The quantitative estimate of drug-likeness (QED) is 0.234. The zero-order chi connectivity index (χ0) is 20.6. The lowest BCUT2D eigenvalue weighted by molar-refractivity contribution is -0.126. The number of carbonyl (C=O) groups is 3. The van der Waals surface area contributed by atoms with Gasteiger partial charge < -0.3 is 10.1 Å². The van der Waals surface area contributed by atoms with Crippen LogP contribution in [0.4, 0.5) is 0 Å². The van der Waals surface area contributed by atoms with E-state index < -0.39 is 11.9 Å². The van der Waals surface area contributed by atoms with Crippen molar-refractivity contribution in [2.75, 3.05) is 13.7 Å². The van der Waals surface area contributed by atoms with Crippen LogP contribution in [-0.4, -0.2) is 37.7 Å². The van der Waals surface area contributed by atoms with Crippen LogP contribution in [0.5, 0.6) is 0 Å². The number of ether oxygens (including phenoxy) is 1. The van der Waals surface area contributed by atoms with Gasteiger partial charge in [0.1, 0.15) is 0 Å². The SMILES string of the molecule is CCCCCCCCCC(=O)NCC(=O)N/N=C\c1ccc(C(=O)OC)cc1. The first-order valence-electron chi connectivity index (χ1n) is 9.83. The van der Waals surface area contributed by atoms with Crippen LogP contribution in [0, 0.1) is 0 Å². The molecular weight excluding hydrogens is 358 g/mol. The summed E-state index contributed by atoms with van der Waals surface area (Å²) < 4.78 is 4.62. The van der Waals surface area contributed by atoms with Gasteiger partial charge in [-0.05, 0) is 24.1 Å². The minimum Gasteiger partial charge on any atom is -0.465 e. The zero-order valence-corrected chi connectivity index (χ0v) is 16.8. The van der Waals surface area contributed by atoms with Gasteiger partial charge in [0.05, 0.1) is 25.4 Å². The molecule has 7 heteroatoms. The van der Waals surface area contributed by atoms with Gasteiger partial charge in [0, 0.05) is 6.42 Å². The molecule has 0 saturated carbocycles. The number of hydrazone groups is 1. The first-order valence-corrected chi connectivity index (χ1v) is 9.83. The number of hydrogen-bond acceptors (Lipinski definition) is 5. The highest BCUT2D eigenvalue weighted by Gasteiger charge is 2.05. The van der Waals surface area contributed by atoms with Crippen LogP contribution in [-0.2, 0) is 14.3 Å². The highest BCUT2D eigenvalue weighted by atomic mass is 16.5. The first-order chi connectivity index (χ1) is 13.6. The molecule has 0 aliphatic carbocycles. The summed E-state index contributed by atoms with van der Waals surface area (Å²) in [7, 11) is 1.32. The van der Waals surface area contributed by atoms with Gasteiger partial charge in [-0.2, -0.15) is 5.10 Å². The fourth-order valence-electron chi connectivity index (χ4n) is 2.55. The molecule has 0 spiro atoms. The smallest absolute Gasteiger partial charge is 0.337 e. The van der Waals surface area contributed by atoms with Crippen molar-refractivity contribution in [1.82, 2.24) is 10.7 Å². The van der Waals surface area contributed by atoms with Gasteiger partial charge in [-0.3, -0.25) is 9.59 Å². The number of esters is 1. The number of benzene rings is 1. The second kappa shape index (κ2) is 14.4. The number of rotatable bonds is 13. The van der Waals surface area contributed by atoms with Crippen LogP contribution in [0.15, 0.2) is 29.4 Å². The second-order valence-electron chi connectivity index (χ2n) is 6.55. The topological polar surface area (TPSA) is 96.9 Å². The van der Waals surface area contributed by atoms with E-state index in [4.69, 9.17) is 0 Å². The molecule has 0 bridgehead atoms. The van der Waals surface area contributed by atoms with Gasteiger partial charge in [0.15, 0.2) is 0 Å². The van der Waals surface area contributed by atoms with Crippen LogP contribution in [0.2, 0.25) is 0 Å². The van der Waals surface area contributed by atoms with Crippen molar-refractivity contribution < 1.29 is 19.1 Å². The lowest BCUT2D eigenvalue weighted by Gasteiger charge is -2.04. The first kappa shape index (κ1) is 23.3. The number of hydrogen-bond donors (Lipinski definition) is 2. The maximum atomic E-state index is 11.7. The Morgan fingerprint density at radius 3 is 2.25 bits per heavy atom. The van der Waals surface area contributed by atoms with Crippen molar-refractivity contribution in [3.8, 4) is 0 Å². The van der Waals surface area contributed by atoms with Gasteiger partial charge >= 0.3 is 5.97 Å². The number of unbranched alkanes of at least 4 members (excludes halogenated alkanes) is 6. The molecule has 7 nitrogen and oxygen atoms in total. The van der Waals surface area contributed by atoms with Crippen molar-refractivity contribution in [3.63, 3.8) is 0 Å². The van der Waals surface area contributed by atoms with E-state index in [9.17, 15) is 14.4 Å². The maximum Gasteiger partial charge on any atom is 0.337 e. The van der Waals surface area contributed by atoms with Crippen LogP contribution in [0.1, 0.15) is 74.2 Å². The lowest BCUT2D eigenvalue weighted by atomic mass is 10.1. The summed E-state index contributed by atoms with van der Waals surface area (Å²) >= 11 is 0. The van der Waals surface area contributed by atoms with E-state index in [0.717, 1.165) is 24.8 Å². The number of amides is 2. The second-order valence-corrected chi connectivity index (χ2v) is 6.55. The average Bonchev–Trinajstić information content (AvgIpc) is 2.71. The Morgan fingerprint density at radius 1 is 0.964 bits per heavy atom. The molecular formula is C21H31N3O4. The van der Waals surface area contributed by atoms with Crippen LogP contribution in [0.3, 0.4) is 0 Å². The van der Waals surface area contributed by atoms with Crippen molar-refractivity contribution in [2.45, 2.75) is 58.3 Å². The van der Waals surface area contributed by atoms with E-state index in [1.807, 2.05) is 0 Å². The van der Waals surface area contributed by atoms with Gasteiger partial charge in [-0.25, -0.2) is 10.2 Å². The van der Waals surface area contributed by atoms with E-state index in [2.05, 4.69) is 27.5 Å². The van der Waals surface area contributed by atoms with Gasteiger partial charge in [0.2, 0.25) is 5.91 Å². The maximum absolute atomic E-state index is 11.7. The summed E-state index contributed by atoms with van der Waals surface area (Å²) in [5, 5.41) is 6.43. The van der Waals surface area contributed by atoms with Crippen molar-refractivity contribution >= 4 is 24.0 Å². The Morgan fingerprint density at radius 2 is 1.61 bits per heavy atom. The summed E-state index contributed by atoms with van der Waals surface area (Å²) in [6, 6.07) is 6.59. The molecule has 1 rings (SSSR count). The zero-order valence-electron chi connectivity index (χ0n) is 16.8. The molecule has 0 aliphatic heterocycles. The Balaban J connectivity index is 2.16. The molecule has 28 heavy (non-hydrogen) atoms. The predicted octanol–water partition coefficient (Wildman–Crippen LogP) is 3.18. The largest absolute Gasteiger partial charge is 0.465 e. The van der Waals surface area contributed by atoms with Gasteiger partial charge in [-0.1, -0.05) is 57.6 Å². The fraction of sp³-hybridized carbons (Fsp3) is 0.524. The number of nitrogens with zero attached hydrogens (tertiary/aromatic N) is 1. The summed E-state index contributed by atoms with van der Waals surface area (Å²) in [5.74, 6) is -0.926. The molecule has 0 atom stereocenters. The average molecular weight is 389 g/mol. The molecule has 1 aromatic rings. The van der Waals surface area contributed by atoms with Gasteiger partial charge in [-0.15, -0.1) is 0 Å². The molecule has 2 N–H and O–H groups in total. The minimum atomic E-state index is -0.413. The summed E-state index contributed by atoms with van der Waals surface area (Å²) in [6.45, 7) is 2.09. The molecule has 0 radical (unpaired) electrons. The summed E-state index contributed by atoms with van der Waals surface area (Å²) in [6.07, 6.45) is 9.94. The van der Waals surface area contributed by atoms with Gasteiger partial charge in [0.25, 0.3) is 5.91 Å². The van der Waals surface area contributed by atoms with Crippen molar-refractivity contribution in [3.05, 3.63) is 35.4 Å². The number of nitrogens with one attached hydrogen (secondary N) is 2. The summed E-state index contributed by atoms with van der Waals surface area (Å²) in [5.41, 5.74) is 3.51. The normalized spacial score (nSPS) is 10.6. The monoisotopic (exact) mass is 389 g/mol. The van der Waals surface area contributed by atoms with Crippen molar-refractivity contribution in [1.29, 1.82) is 0 Å². The molecule has 0 heterocycles. The van der Waals surface area contributed by atoms with E-state index in [1.165, 1.54) is 39.0 Å². The minimum absolute atomic E-state index is 0.103. The Hall–Kier alpha value is -2.70. The standard InChI is InChI=1S/C21H31N3O4/c1-3-4-5-6-7-8-9-10-19(25)22-16-20(26)24-23-15-17-11-13-18(14-12-17)21(27)28-2/h11-15H,3-10,16H2,1-2H3,(H,22,25)(H,24,26)/b23-15-. The summed E-state index contributed by atoms with van der Waals surface area (Å²) in [4.78, 5) is 34.8. The molecule has 0 fully saturated rings. The van der Waals surface area contributed by atoms with Crippen LogP contribution < -0.4 is 10.7 Å². The van der Waals surface area contributed by atoms with E-state index >= 15 is 0 Å². The van der Waals surface area contributed by atoms with Crippen molar-refractivity contribution in [2.24, 2.45) is 5.10 Å². The van der Waals surface area contributed by atoms with E-state index in [-0.39, 0.29) is 12.5 Å². The van der Waals surface area contributed by atoms with E-state index in [1.54, 1.807) is 24.3 Å². The third kappa shape index (κ3) is 10.4. The Bertz CT molecular complexity index is 642. The highest BCUT2D eigenvalue weighted by Crippen LogP contribution is 2.08. The number of methoxy groups -OCH3 is 1. The third-order valence-corrected chi connectivity index (χ3v) is 4.19. The molecule has 1 aromatic carbocycles. The van der Waals surface area contributed by atoms with E-state index in [0.29, 0.717) is 12.0 Å².